The summed E-state index contributed by atoms with van der Waals surface area (Å²) in [6.45, 7) is 6.55. The van der Waals surface area contributed by atoms with Gasteiger partial charge in [-0.3, -0.25) is 14.4 Å². The molecule has 0 heterocycles. The smallest absolute Gasteiger partial charge is 0.306 e. The number of esters is 3. The number of rotatable bonds is 38. The number of hydrogen-bond acceptors (Lipinski definition) is 6. The fourth-order valence-corrected chi connectivity index (χ4v) is 6.15. The van der Waals surface area contributed by atoms with Crippen molar-refractivity contribution in [3.8, 4) is 0 Å². The molecule has 0 bridgehead atoms. The van der Waals surface area contributed by atoms with Gasteiger partial charge in [-0.1, -0.05) is 194 Å². The van der Waals surface area contributed by atoms with E-state index in [1.165, 1.54) is 128 Å². The Morgan fingerprint density at radius 1 is 0.333 bits per heavy atom. The maximum atomic E-state index is 12.6. The molecule has 284 valence electrons. The summed E-state index contributed by atoms with van der Waals surface area (Å²) >= 11 is 0. The van der Waals surface area contributed by atoms with Gasteiger partial charge in [0.05, 0.1) is 0 Å². The fourth-order valence-electron chi connectivity index (χ4n) is 6.15. The average Bonchev–Trinajstić information content (AvgIpc) is 3.08. The van der Waals surface area contributed by atoms with Gasteiger partial charge in [0.15, 0.2) is 6.10 Å². The Labute approximate surface area is 298 Å². The van der Waals surface area contributed by atoms with Crippen LogP contribution in [0.3, 0.4) is 0 Å². The molecule has 6 heteroatoms. The molecule has 1 atom stereocenters. The van der Waals surface area contributed by atoms with Crippen LogP contribution in [0.25, 0.3) is 0 Å². The minimum Gasteiger partial charge on any atom is -0.462 e. The molecule has 0 aromatic heterocycles. The predicted molar refractivity (Wildman–Crippen MR) is 201 cm³/mol. The Morgan fingerprint density at radius 3 is 0.833 bits per heavy atom. The van der Waals surface area contributed by atoms with Crippen LogP contribution >= 0.6 is 0 Å². The summed E-state index contributed by atoms with van der Waals surface area (Å²) in [5.41, 5.74) is 0. The van der Waals surface area contributed by atoms with Crippen LogP contribution in [-0.2, 0) is 28.6 Å². The Kier molecular flexibility index (Phi) is 36.9. The number of unbranched alkanes of at least 4 members (excludes halogenated alkanes) is 27. The summed E-state index contributed by atoms with van der Waals surface area (Å²) in [4.78, 5) is 37.3. The van der Waals surface area contributed by atoms with E-state index in [-0.39, 0.29) is 31.1 Å². The second kappa shape index (κ2) is 38.2. The quantitative estimate of drug-likeness (QED) is 0.0367. The fraction of sp³-hybridized carbons (Fsp3) is 0.929. The zero-order valence-electron chi connectivity index (χ0n) is 32.3. The van der Waals surface area contributed by atoms with Crippen LogP contribution in [0, 0.1) is 0 Å². The zero-order valence-corrected chi connectivity index (χ0v) is 32.3. The van der Waals surface area contributed by atoms with Crippen molar-refractivity contribution in [1.29, 1.82) is 0 Å². The standard InChI is InChI=1S/C42H80O6/c1-4-7-10-13-15-17-19-21-23-25-27-30-33-36-42(45)48-39(37-46-40(43)34-31-28-12-9-6-3)38-47-41(44)35-32-29-26-24-22-20-18-16-14-11-8-5-2/h39H,4-38H2,1-3H3/t39-/m0/s1. The predicted octanol–water partition coefficient (Wildman–Crippen LogP) is 12.9. The van der Waals surface area contributed by atoms with Crippen molar-refractivity contribution in [2.75, 3.05) is 13.2 Å². The van der Waals surface area contributed by atoms with Crippen LogP contribution in [0.4, 0.5) is 0 Å². The molecule has 48 heavy (non-hydrogen) atoms. The third-order valence-corrected chi connectivity index (χ3v) is 9.36. The average molecular weight is 681 g/mol. The molecular weight excluding hydrogens is 600 g/mol. The van der Waals surface area contributed by atoms with E-state index in [1.807, 2.05) is 0 Å². The largest absolute Gasteiger partial charge is 0.462 e. The molecule has 0 aliphatic carbocycles. The summed E-state index contributed by atoms with van der Waals surface area (Å²) in [6, 6.07) is 0. The SMILES string of the molecule is CCCCCCCCCCCCCCCC(=O)O[C@@H](COC(=O)CCCCCCC)COC(=O)CCCCCCCCCCCCCC. The maximum Gasteiger partial charge on any atom is 0.306 e. The summed E-state index contributed by atoms with van der Waals surface area (Å²) in [6.07, 6.45) is 36.8. The molecule has 0 aliphatic heterocycles. The molecule has 0 amide bonds. The molecule has 0 aromatic carbocycles. The van der Waals surface area contributed by atoms with Crippen LogP contribution in [0.5, 0.6) is 0 Å². The highest BCUT2D eigenvalue weighted by Crippen LogP contribution is 2.15. The van der Waals surface area contributed by atoms with Gasteiger partial charge in [0.25, 0.3) is 0 Å². The van der Waals surface area contributed by atoms with Crippen molar-refractivity contribution in [1.82, 2.24) is 0 Å². The highest BCUT2D eigenvalue weighted by Gasteiger charge is 2.19. The molecule has 0 N–H and O–H groups in total. The van der Waals surface area contributed by atoms with Crippen molar-refractivity contribution < 1.29 is 28.6 Å². The Balaban J connectivity index is 4.22. The Hall–Kier alpha value is -1.59. The normalized spacial score (nSPS) is 11.8. The van der Waals surface area contributed by atoms with E-state index in [0.29, 0.717) is 19.3 Å². The molecule has 0 saturated carbocycles. The summed E-state index contributed by atoms with van der Waals surface area (Å²) in [5, 5.41) is 0. The highest BCUT2D eigenvalue weighted by molar-refractivity contribution is 5.71. The third kappa shape index (κ3) is 35.7. The van der Waals surface area contributed by atoms with Crippen molar-refractivity contribution >= 4 is 17.9 Å². The van der Waals surface area contributed by atoms with Gasteiger partial charge in [-0.15, -0.1) is 0 Å². The molecule has 0 saturated heterocycles. The molecule has 0 rings (SSSR count). The number of ether oxygens (including phenoxy) is 3. The van der Waals surface area contributed by atoms with E-state index in [9.17, 15) is 14.4 Å². The lowest BCUT2D eigenvalue weighted by atomic mass is 10.0. The minimum atomic E-state index is -0.755. The topological polar surface area (TPSA) is 78.9 Å². The van der Waals surface area contributed by atoms with Gasteiger partial charge in [-0.2, -0.15) is 0 Å². The number of carbonyl (C=O) groups excluding carboxylic acids is 3. The van der Waals surface area contributed by atoms with Crippen molar-refractivity contribution in [2.45, 2.75) is 239 Å². The third-order valence-electron chi connectivity index (χ3n) is 9.36. The van der Waals surface area contributed by atoms with E-state index in [1.54, 1.807) is 0 Å². The second-order valence-electron chi connectivity index (χ2n) is 14.3. The van der Waals surface area contributed by atoms with Crippen LogP contribution < -0.4 is 0 Å². The van der Waals surface area contributed by atoms with Crippen LogP contribution in [0.1, 0.15) is 233 Å². The highest BCUT2D eigenvalue weighted by atomic mass is 16.6. The Morgan fingerprint density at radius 2 is 0.562 bits per heavy atom. The summed E-state index contributed by atoms with van der Waals surface area (Å²) in [7, 11) is 0. The Bertz CT molecular complexity index is 708. The number of carbonyl (C=O) groups is 3. The van der Waals surface area contributed by atoms with Gasteiger partial charge in [0.1, 0.15) is 13.2 Å². The van der Waals surface area contributed by atoms with E-state index in [2.05, 4.69) is 20.8 Å². The van der Waals surface area contributed by atoms with E-state index < -0.39 is 6.10 Å². The van der Waals surface area contributed by atoms with Gasteiger partial charge in [0.2, 0.25) is 0 Å². The second-order valence-corrected chi connectivity index (χ2v) is 14.3. The van der Waals surface area contributed by atoms with Crippen LogP contribution in [0.2, 0.25) is 0 Å². The first kappa shape index (κ1) is 46.4. The number of hydrogen-bond donors (Lipinski definition) is 0. The molecule has 0 fully saturated rings. The van der Waals surface area contributed by atoms with E-state index >= 15 is 0 Å². The first-order valence-electron chi connectivity index (χ1n) is 21.0. The first-order valence-corrected chi connectivity index (χ1v) is 21.0. The molecule has 0 aliphatic rings. The van der Waals surface area contributed by atoms with E-state index in [0.717, 1.165) is 64.2 Å². The molecule has 0 aromatic rings. The lowest BCUT2D eigenvalue weighted by Crippen LogP contribution is -2.30. The lowest BCUT2D eigenvalue weighted by Gasteiger charge is -2.18. The summed E-state index contributed by atoms with van der Waals surface area (Å²) in [5.74, 6) is -0.871. The molecule has 0 spiro atoms. The zero-order chi connectivity index (χ0) is 35.2. The van der Waals surface area contributed by atoms with Gasteiger partial charge >= 0.3 is 17.9 Å². The van der Waals surface area contributed by atoms with Crippen molar-refractivity contribution in [3.63, 3.8) is 0 Å². The van der Waals surface area contributed by atoms with Gasteiger partial charge in [-0.25, -0.2) is 0 Å². The maximum absolute atomic E-state index is 12.6. The molecule has 0 unspecified atom stereocenters. The minimum absolute atomic E-state index is 0.0643. The van der Waals surface area contributed by atoms with E-state index in [4.69, 9.17) is 14.2 Å². The van der Waals surface area contributed by atoms with Crippen molar-refractivity contribution in [2.24, 2.45) is 0 Å². The molecule has 0 radical (unpaired) electrons. The summed E-state index contributed by atoms with van der Waals surface area (Å²) < 4.78 is 16.6. The monoisotopic (exact) mass is 681 g/mol. The van der Waals surface area contributed by atoms with Gasteiger partial charge in [-0.05, 0) is 19.3 Å². The van der Waals surface area contributed by atoms with Gasteiger partial charge in [0, 0.05) is 19.3 Å². The van der Waals surface area contributed by atoms with Crippen molar-refractivity contribution in [3.05, 3.63) is 0 Å². The van der Waals surface area contributed by atoms with Crippen LogP contribution in [-0.4, -0.2) is 37.2 Å². The molecule has 6 nitrogen and oxygen atoms in total. The van der Waals surface area contributed by atoms with Gasteiger partial charge < -0.3 is 14.2 Å². The lowest BCUT2D eigenvalue weighted by molar-refractivity contribution is -0.167. The first-order chi connectivity index (χ1) is 23.5. The van der Waals surface area contributed by atoms with Crippen LogP contribution in [0.15, 0.2) is 0 Å². The molecular formula is C42H80O6.